The maximum atomic E-state index is 13.0. The molecule has 0 atom stereocenters. The van der Waals surface area contributed by atoms with E-state index in [4.69, 9.17) is 0 Å². The van der Waals surface area contributed by atoms with Crippen LogP contribution >= 0.6 is 0 Å². The number of hydrogen-bond donors (Lipinski definition) is 2. The smallest absolute Gasteiger partial charge is 0.255 e. The van der Waals surface area contributed by atoms with Crippen LogP contribution in [0.2, 0.25) is 0 Å². The molecular formula is C22H23N3O2. The molecule has 0 saturated carbocycles. The normalized spacial score (nSPS) is 14.5. The molecule has 138 valence electrons. The van der Waals surface area contributed by atoms with Gasteiger partial charge in [-0.15, -0.1) is 0 Å². The summed E-state index contributed by atoms with van der Waals surface area (Å²) in [6, 6.07) is 3.79. The van der Waals surface area contributed by atoms with E-state index in [0.717, 1.165) is 34.0 Å². The molecular weight excluding hydrogens is 338 g/mol. The van der Waals surface area contributed by atoms with Gasteiger partial charge in [-0.2, -0.15) is 0 Å². The van der Waals surface area contributed by atoms with Crippen LogP contribution in [0.4, 0.5) is 11.4 Å². The van der Waals surface area contributed by atoms with Gasteiger partial charge in [-0.05, 0) is 43.0 Å². The Labute approximate surface area is 158 Å². The zero-order valence-corrected chi connectivity index (χ0v) is 15.6. The monoisotopic (exact) mass is 361 g/mol. The van der Waals surface area contributed by atoms with Gasteiger partial charge in [-0.3, -0.25) is 14.6 Å². The summed E-state index contributed by atoms with van der Waals surface area (Å²) in [5.41, 5.74) is 4.00. The second kappa shape index (κ2) is 7.99. The summed E-state index contributed by atoms with van der Waals surface area (Å²) in [7, 11) is 0. The molecule has 2 aromatic rings. The van der Waals surface area contributed by atoms with E-state index in [1.165, 1.54) is 0 Å². The van der Waals surface area contributed by atoms with Crippen molar-refractivity contribution in [3.05, 3.63) is 66.0 Å². The first-order valence-electron chi connectivity index (χ1n) is 9.08. The zero-order chi connectivity index (χ0) is 19.4. The third-order valence-electron chi connectivity index (χ3n) is 4.71. The molecule has 0 aliphatic carbocycles. The number of aromatic nitrogens is 1. The second-order valence-electron chi connectivity index (χ2n) is 6.38. The van der Waals surface area contributed by atoms with E-state index < -0.39 is 0 Å². The van der Waals surface area contributed by atoms with Crippen molar-refractivity contribution in [1.29, 1.82) is 0 Å². The molecule has 0 saturated heterocycles. The molecule has 0 bridgehead atoms. The minimum atomic E-state index is -0.185. The van der Waals surface area contributed by atoms with Gasteiger partial charge < -0.3 is 10.6 Å². The first-order valence-corrected chi connectivity index (χ1v) is 9.08. The average Bonchev–Trinajstić information content (AvgIpc) is 2.68. The fourth-order valence-electron chi connectivity index (χ4n) is 3.35. The van der Waals surface area contributed by atoms with Gasteiger partial charge in [-0.1, -0.05) is 31.7 Å². The number of rotatable bonds is 5. The van der Waals surface area contributed by atoms with E-state index in [9.17, 15) is 9.59 Å². The third-order valence-corrected chi connectivity index (χ3v) is 4.71. The molecule has 2 amide bonds. The largest absolute Gasteiger partial charge is 0.325 e. The number of carbonyl (C=O) groups excluding carboxylic acids is 2. The fraction of sp³-hybridized carbons (Fsp3) is 0.227. The number of nitrogens with one attached hydrogen (secondary N) is 2. The predicted octanol–water partition coefficient (Wildman–Crippen LogP) is 4.53. The molecule has 1 aromatic carbocycles. The lowest BCUT2D eigenvalue weighted by molar-refractivity contribution is -0.116. The van der Waals surface area contributed by atoms with E-state index in [0.29, 0.717) is 24.1 Å². The van der Waals surface area contributed by atoms with E-state index >= 15 is 0 Å². The first-order chi connectivity index (χ1) is 13.1. The number of nitrogens with zero attached hydrogens (tertiary/aromatic N) is 1. The van der Waals surface area contributed by atoms with Crippen LogP contribution in [-0.4, -0.2) is 16.8 Å². The molecule has 1 aromatic heterocycles. The van der Waals surface area contributed by atoms with Crippen molar-refractivity contribution in [3.8, 4) is 0 Å². The summed E-state index contributed by atoms with van der Waals surface area (Å²) in [6.07, 6.45) is 10.6. The molecule has 0 fully saturated rings. The highest BCUT2D eigenvalue weighted by Crippen LogP contribution is 2.36. The molecule has 0 spiro atoms. The van der Waals surface area contributed by atoms with Crippen molar-refractivity contribution in [2.24, 2.45) is 0 Å². The molecule has 1 aliphatic rings. The van der Waals surface area contributed by atoms with Gasteiger partial charge in [0.2, 0.25) is 5.91 Å². The summed E-state index contributed by atoms with van der Waals surface area (Å²) >= 11 is 0. The molecule has 2 N–H and O–H groups in total. The van der Waals surface area contributed by atoms with Crippen LogP contribution < -0.4 is 10.6 Å². The number of allylic oxidation sites excluding steroid dienone is 3. The van der Waals surface area contributed by atoms with Crippen LogP contribution in [0.1, 0.15) is 32.3 Å². The lowest BCUT2D eigenvalue weighted by Gasteiger charge is -2.21. The van der Waals surface area contributed by atoms with Crippen molar-refractivity contribution < 1.29 is 9.59 Å². The van der Waals surface area contributed by atoms with Gasteiger partial charge in [0.15, 0.2) is 0 Å². The van der Waals surface area contributed by atoms with Crippen LogP contribution in [0.3, 0.4) is 0 Å². The summed E-state index contributed by atoms with van der Waals surface area (Å²) in [5.74, 6) is -0.177. The Kier molecular flexibility index (Phi) is 5.50. The second-order valence-corrected chi connectivity index (χ2v) is 6.38. The highest BCUT2D eigenvalue weighted by atomic mass is 16.2. The molecule has 0 radical (unpaired) electrons. The van der Waals surface area contributed by atoms with E-state index in [2.05, 4.69) is 22.2 Å². The average molecular weight is 361 g/mol. The van der Waals surface area contributed by atoms with E-state index in [1.807, 2.05) is 32.1 Å². The molecule has 1 aliphatic heterocycles. The number of carbonyl (C=O) groups is 2. The topological polar surface area (TPSA) is 71.1 Å². The van der Waals surface area contributed by atoms with Gasteiger partial charge in [0.05, 0.1) is 11.4 Å². The molecule has 5 nitrogen and oxygen atoms in total. The Hall–Kier alpha value is -3.21. The maximum Gasteiger partial charge on any atom is 0.255 e. The number of aryl methyl sites for hydroxylation is 1. The van der Waals surface area contributed by atoms with Crippen LogP contribution in [0.15, 0.2) is 60.5 Å². The van der Waals surface area contributed by atoms with Crippen LogP contribution in [-0.2, 0) is 16.0 Å². The lowest BCUT2D eigenvalue weighted by atomic mass is 9.96. The van der Waals surface area contributed by atoms with Crippen molar-refractivity contribution >= 4 is 34.0 Å². The molecule has 2 heterocycles. The van der Waals surface area contributed by atoms with Gasteiger partial charge >= 0.3 is 0 Å². The van der Waals surface area contributed by atoms with Crippen molar-refractivity contribution in [3.63, 3.8) is 0 Å². The maximum absolute atomic E-state index is 13.0. The zero-order valence-electron chi connectivity index (χ0n) is 15.6. The quantitative estimate of drug-likeness (QED) is 0.607. The third kappa shape index (κ3) is 3.67. The Balaban J connectivity index is 2.09. The van der Waals surface area contributed by atoms with Gasteiger partial charge in [0.25, 0.3) is 5.91 Å². The SMILES string of the molecule is C=C/C(CC)=C(\C=C/C)C(=O)Nc1cc2c(c3ccncc13)NC(=O)CC2. The van der Waals surface area contributed by atoms with Crippen molar-refractivity contribution in [1.82, 2.24) is 4.98 Å². The Bertz CT molecular complexity index is 986. The van der Waals surface area contributed by atoms with Crippen LogP contribution in [0.25, 0.3) is 10.8 Å². The molecule has 0 unspecified atom stereocenters. The number of amides is 2. The Morgan fingerprint density at radius 2 is 2.19 bits per heavy atom. The van der Waals surface area contributed by atoms with Crippen molar-refractivity contribution in [2.75, 3.05) is 10.6 Å². The van der Waals surface area contributed by atoms with Crippen molar-refractivity contribution in [2.45, 2.75) is 33.1 Å². The number of pyridine rings is 1. The minimum absolute atomic E-state index is 0.00858. The number of fused-ring (bicyclic) bond motifs is 3. The number of hydrogen-bond acceptors (Lipinski definition) is 3. The summed E-state index contributed by atoms with van der Waals surface area (Å²) in [4.78, 5) is 29.0. The van der Waals surface area contributed by atoms with Crippen LogP contribution in [0, 0.1) is 0 Å². The molecule has 5 heteroatoms. The van der Waals surface area contributed by atoms with E-state index in [1.54, 1.807) is 24.5 Å². The standard InChI is InChI=1S/C22H23N3O2/c1-4-7-16(14(5-2)6-3)22(27)24-19-12-15-8-9-20(26)25-21(15)17-10-11-23-13-18(17)19/h4-5,7,10-13H,2,6,8-9H2,1,3H3,(H,24,27)(H,25,26)/b7-4-,16-14-. The Morgan fingerprint density at radius 3 is 2.89 bits per heavy atom. The molecule has 27 heavy (non-hydrogen) atoms. The molecule has 3 rings (SSSR count). The van der Waals surface area contributed by atoms with E-state index in [-0.39, 0.29) is 11.8 Å². The highest BCUT2D eigenvalue weighted by molar-refractivity contribution is 6.14. The highest BCUT2D eigenvalue weighted by Gasteiger charge is 2.21. The number of anilines is 2. The summed E-state index contributed by atoms with van der Waals surface area (Å²) < 4.78 is 0. The summed E-state index contributed by atoms with van der Waals surface area (Å²) in [6.45, 7) is 7.69. The van der Waals surface area contributed by atoms with Gasteiger partial charge in [0.1, 0.15) is 0 Å². The van der Waals surface area contributed by atoms with Gasteiger partial charge in [-0.25, -0.2) is 0 Å². The van der Waals surface area contributed by atoms with Gasteiger partial charge in [0, 0.05) is 35.2 Å². The minimum Gasteiger partial charge on any atom is -0.325 e. The Morgan fingerprint density at radius 1 is 1.37 bits per heavy atom. The summed E-state index contributed by atoms with van der Waals surface area (Å²) in [5, 5.41) is 7.65. The predicted molar refractivity (Wildman–Crippen MR) is 110 cm³/mol. The first kappa shape index (κ1) is 18.6. The lowest BCUT2D eigenvalue weighted by Crippen LogP contribution is -2.20. The fourth-order valence-corrected chi connectivity index (χ4v) is 3.35. The van der Waals surface area contributed by atoms with Crippen LogP contribution in [0.5, 0.6) is 0 Å². The number of benzene rings is 1.